The molecule has 0 fully saturated rings. The van der Waals surface area contributed by atoms with Crippen molar-refractivity contribution in [3.8, 4) is 5.75 Å². The van der Waals surface area contributed by atoms with Crippen LogP contribution >= 0.6 is 11.6 Å². The summed E-state index contributed by atoms with van der Waals surface area (Å²) < 4.78 is 21.5. The third-order valence-electron chi connectivity index (χ3n) is 4.76. The maximum Gasteiger partial charge on any atom is 0.406 e. The largest absolute Gasteiger partial charge is 0.493 e. The van der Waals surface area contributed by atoms with E-state index in [4.69, 9.17) is 25.8 Å². The number of carbonyl (C=O) groups excluding carboxylic acids is 2. The third kappa shape index (κ3) is 5.23. The summed E-state index contributed by atoms with van der Waals surface area (Å²) in [5.41, 5.74) is 2.85. The number of halogens is 1. The molecule has 3 rings (SSSR count). The van der Waals surface area contributed by atoms with Gasteiger partial charge in [0.1, 0.15) is 11.9 Å². The molecule has 0 radical (unpaired) electrons. The third-order valence-corrected chi connectivity index (χ3v) is 5.00. The van der Waals surface area contributed by atoms with Crippen LogP contribution in [0.2, 0.25) is 5.02 Å². The van der Waals surface area contributed by atoms with Crippen LogP contribution in [0.15, 0.2) is 36.4 Å². The van der Waals surface area contributed by atoms with Crippen molar-refractivity contribution in [1.82, 2.24) is 5.32 Å². The van der Waals surface area contributed by atoms with Crippen molar-refractivity contribution in [2.45, 2.75) is 18.9 Å². The smallest absolute Gasteiger partial charge is 0.406 e. The summed E-state index contributed by atoms with van der Waals surface area (Å²) in [5, 5.41) is 3.15. The van der Waals surface area contributed by atoms with E-state index in [9.17, 15) is 9.59 Å². The van der Waals surface area contributed by atoms with Crippen LogP contribution in [-0.4, -0.2) is 46.0 Å². The molecule has 160 valence electrons. The Balaban J connectivity index is 1.95. The Labute approximate surface area is 180 Å². The second kappa shape index (κ2) is 10.3. The number of ether oxygens (including phenoxy) is 4. The Hall–Kier alpha value is -2.77. The van der Waals surface area contributed by atoms with E-state index in [1.807, 2.05) is 18.2 Å². The lowest BCUT2D eigenvalue weighted by atomic mass is 9.93. The van der Waals surface area contributed by atoms with Crippen molar-refractivity contribution in [1.29, 1.82) is 0 Å². The van der Waals surface area contributed by atoms with Crippen LogP contribution in [0, 0.1) is 0 Å². The molecule has 1 aliphatic rings. The lowest BCUT2D eigenvalue weighted by Crippen LogP contribution is -2.27. The number of hydrogen-bond donors (Lipinski definition) is 1. The van der Waals surface area contributed by atoms with Gasteiger partial charge in [-0.05, 0) is 48.2 Å². The summed E-state index contributed by atoms with van der Waals surface area (Å²) in [5.74, 6) is 0.235. The van der Waals surface area contributed by atoms with Crippen molar-refractivity contribution in [3.63, 3.8) is 0 Å². The number of benzene rings is 2. The van der Waals surface area contributed by atoms with Gasteiger partial charge in [-0.25, -0.2) is 9.59 Å². The van der Waals surface area contributed by atoms with Gasteiger partial charge in [0.25, 0.3) is 0 Å². The highest BCUT2D eigenvalue weighted by molar-refractivity contribution is 6.30. The molecule has 0 aromatic heterocycles. The minimum absolute atomic E-state index is 0.220. The molecule has 0 bridgehead atoms. The molecule has 30 heavy (non-hydrogen) atoms. The summed E-state index contributed by atoms with van der Waals surface area (Å²) in [6.45, 7) is 1.07. The lowest BCUT2D eigenvalue weighted by Gasteiger charge is -2.25. The first-order valence-corrected chi connectivity index (χ1v) is 9.98. The maximum absolute atomic E-state index is 12.4. The number of carbonyl (C=O) groups is 2. The van der Waals surface area contributed by atoms with Crippen molar-refractivity contribution in [3.05, 3.63) is 63.7 Å². The number of methoxy groups -OCH3 is 2. The van der Waals surface area contributed by atoms with E-state index >= 15 is 0 Å². The summed E-state index contributed by atoms with van der Waals surface area (Å²) in [6.07, 6.45) is 0.519. The van der Waals surface area contributed by atoms with Crippen LogP contribution in [0.1, 0.15) is 39.6 Å². The number of alkyl carbamates (subject to hydrolysis) is 1. The molecular formula is C22H24ClNO6. The van der Waals surface area contributed by atoms with E-state index in [2.05, 4.69) is 10.1 Å². The SMILES string of the molecule is COC(=O)NCCOC(c1cccc(Cl)c1)c1cc2c(c(C(=O)OC)c1)CCCO2. The Kier molecular flexibility index (Phi) is 7.54. The van der Waals surface area contributed by atoms with Gasteiger partial charge in [0.15, 0.2) is 0 Å². The highest BCUT2D eigenvalue weighted by Gasteiger charge is 2.25. The van der Waals surface area contributed by atoms with Gasteiger partial charge in [-0.2, -0.15) is 0 Å². The number of hydrogen-bond acceptors (Lipinski definition) is 6. The highest BCUT2D eigenvalue weighted by atomic mass is 35.5. The second-order valence-corrected chi connectivity index (χ2v) is 7.15. The molecule has 1 heterocycles. The number of amides is 1. The molecule has 1 unspecified atom stereocenters. The van der Waals surface area contributed by atoms with Crippen LogP contribution < -0.4 is 10.1 Å². The minimum Gasteiger partial charge on any atom is -0.493 e. The fraction of sp³-hybridized carbons (Fsp3) is 0.364. The fourth-order valence-electron chi connectivity index (χ4n) is 3.38. The quantitative estimate of drug-likeness (QED) is 0.526. The molecule has 1 amide bonds. The van der Waals surface area contributed by atoms with Crippen molar-refractivity contribution in [2.24, 2.45) is 0 Å². The van der Waals surface area contributed by atoms with Crippen LogP contribution in [0.5, 0.6) is 5.75 Å². The Morgan fingerprint density at radius 2 is 2.00 bits per heavy atom. The van der Waals surface area contributed by atoms with E-state index in [-0.39, 0.29) is 13.2 Å². The molecule has 8 heteroatoms. The monoisotopic (exact) mass is 433 g/mol. The fourth-order valence-corrected chi connectivity index (χ4v) is 3.58. The molecular weight excluding hydrogens is 410 g/mol. The normalized spacial score (nSPS) is 13.6. The Bertz CT molecular complexity index is 916. The first-order valence-electron chi connectivity index (χ1n) is 9.60. The average molecular weight is 434 g/mol. The summed E-state index contributed by atoms with van der Waals surface area (Å²) in [7, 11) is 2.65. The average Bonchev–Trinajstić information content (AvgIpc) is 2.77. The van der Waals surface area contributed by atoms with E-state index in [0.717, 1.165) is 29.5 Å². The molecule has 0 aliphatic carbocycles. The standard InChI is InChI=1S/C22H24ClNO6/c1-27-21(25)18-12-15(13-19-17(18)7-4-9-29-19)20(14-5-3-6-16(23)11-14)30-10-8-24-22(26)28-2/h3,5-6,11-13,20H,4,7-10H2,1-2H3,(H,24,26). The van der Waals surface area contributed by atoms with Crippen LogP contribution in [-0.2, 0) is 20.6 Å². The van der Waals surface area contributed by atoms with Crippen molar-refractivity contribution in [2.75, 3.05) is 34.0 Å². The van der Waals surface area contributed by atoms with Crippen LogP contribution in [0.25, 0.3) is 0 Å². The zero-order chi connectivity index (χ0) is 21.5. The summed E-state index contributed by atoms with van der Waals surface area (Å²) >= 11 is 6.19. The molecule has 2 aromatic carbocycles. The van der Waals surface area contributed by atoms with Gasteiger partial charge < -0.3 is 24.3 Å². The topological polar surface area (TPSA) is 83.1 Å². The molecule has 0 saturated heterocycles. The van der Waals surface area contributed by atoms with Gasteiger partial charge in [-0.1, -0.05) is 23.7 Å². The van der Waals surface area contributed by atoms with E-state index in [1.54, 1.807) is 18.2 Å². The first-order chi connectivity index (χ1) is 14.5. The van der Waals surface area contributed by atoms with E-state index in [0.29, 0.717) is 22.9 Å². The number of fused-ring (bicyclic) bond motifs is 1. The number of rotatable bonds is 7. The zero-order valence-electron chi connectivity index (χ0n) is 16.9. The second-order valence-electron chi connectivity index (χ2n) is 6.71. The van der Waals surface area contributed by atoms with Crippen LogP contribution in [0.3, 0.4) is 0 Å². The van der Waals surface area contributed by atoms with Gasteiger partial charge in [0.05, 0.1) is 33.0 Å². The Morgan fingerprint density at radius 1 is 1.17 bits per heavy atom. The molecule has 0 spiro atoms. The highest BCUT2D eigenvalue weighted by Crippen LogP contribution is 2.36. The first kappa shape index (κ1) is 21.9. The number of nitrogens with one attached hydrogen (secondary N) is 1. The molecule has 2 aromatic rings. The molecule has 1 atom stereocenters. The summed E-state index contributed by atoms with van der Waals surface area (Å²) in [4.78, 5) is 23.7. The maximum atomic E-state index is 12.4. The Morgan fingerprint density at radius 3 is 2.73 bits per heavy atom. The molecule has 7 nitrogen and oxygen atoms in total. The van der Waals surface area contributed by atoms with Gasteiger partial charge in [0.2, 0.25) is 0 Å². The zero-order valence-corrected chi connectivity index (χ0v) is 17.7. The van der Waals surface area contributed by atoms with E-state index < -0.39 is 18.2 Å². The molecule has 0 saturated carbocycles. The van der Waals surface area contributed by atoms with Crippen molar-refractivity contribution >= 4 is 23.7 Å². The summed E-state index contributed by atoms with van der Waals surface area (Å²) in [6, 6.07) is 11.0. The number of esters is 1. The van der Waals surface area contributed by atoms with Gasteiger partial charge in [0, 0.05) is 17.1 Å². The van der Waals surface area contributed by atoms with Crippen molar-refractivity contribution < 1.29 is 28.5 Å². The molecule has 1 aliphatic heterocycles. The lowest BCUT2D eigenvalue weighted by molar-refractivity contribution is 0.0595. The minimum atomic E-state index is -0.534. The van der Waals surface area contributed by atoms with Gasteiger partial charge in [-0.3, -0.25) is 0 Å². The van der Waals surface area contributed by atoms with Gasteiger partial charge in [-0.15, -0.1) is 0 Å². The van der Waals surface area contributed by atoms with Gasteiger partial charge >= 0.3 is 12.1 Å². The van der Waals surface area contributed by atoms with E-state index in [1.165, 1.54) is 14.2 Å². The predicted octanol–water partition coefficient (Wildman–Crippen LogP) is 3.91. The molecule has 1 N–H and O–H groups in total. The van der Waals surface area contributed by atoms with Crippen LogP contribution in [0.4, 0.5) is 4.79 Å². The predicted molar refractivity (Wildman–Crippen MR) is 111 cm³/mol.